The van der Waals surface area contributed by atoms with Gasteiger partial charge in [-0.05, 0) is 79.5 Å². The first-order valence-electron chi connectivity index (χ1n) is 13.3. The number of benzene rings is 3. The molecule has 3 aromatic rings. The summed E-state index contributed by atoms with van der Waals surface area (Å²) in [5.41, 5.74) is 3.40. The first kappa shape index (κ1) is 26.8. The van der Waals surface area contributed by atoms with E-state index in [0.29, 0.717) is 15.6 Å². The molecule has 0 radical (unpaired) electrons. The Kier molecular flexibility index (Phi) is 7.32. The van der Waals surface area contributed by atoms with Crippen LogP contribution >= 0.6 is 23.2 Å². The Morgan fingerprint density at radius 1 is 1.05 bits per heavy atom. The van der Waals surface area contributed by atoms with Gasteiger partial charge < -0.3 is 10.2 Å². The summed E-state index contributed by atoms with van der Waals surface area (Å²) in [5, 5.41) is 4.49. The molecule has 2 fully saturated rings. The fourth-order valence-corrected chi connectivity index (χ4v) is 7.25. The number of hydrogen-bond acceptors (Lipinski definition) is 2. The largest absolute Gasteiger partial charge is 0.353 e. The molecule has 3 aromatic carbocycles. The molecule has 6 atom stereocenters. The van der Waals surface area contributed by atoms with E-state index in [9.17, 15) is 9.59 Å². The van der Waals surface area contributed by atoms with Crippen LogP contribution in [0.15, 0.2) is 72.8 Å². The number of hydrogen-bond donors (Lipinski definition) is 1. The van der Waals surface area contributed by atoms with Crippen LogP contribution in [0.3, 0.4) is 0 Å². The van der Waals surface area contributed by atoms with Crippen LogP contribution < -0.4 is 5.32 Å². The van der Waals surface area contributed by atoms with Crippen molar-refractivity contribution < 1.29 is 9.59 Å². The molecule has 2 aliphatic rings. The first-order chi connectivity index (χ1) is 18.1. The maximum absolute atomic E-state index is 13.4. The van der Waals surface area contributed by atoms with Gasteiger partial charge in [0, 0.05) is 34.6 Å². The Hall–Kier alpha value is -2.82. The molecule has 1 aliphatic carbocycles. The number of halogens is 2. The summed E-state index contributed by atoms with van der Waals surface area (Å²) in [4.78, 5) is 28.2. The SMILES string of the molecule is C[C@H]1NC(=O)[C@]2(C)CC[C@@H](c3ccc(C(=O)N(C)[C@@H](C)c4ccccc4)cc3Cl)[C@H](c3ccc(Cl)cc3)[C@H]12. The molecule has 0 unspecified atom stereocenters. The zero-order valence-corrected chi connectivity index (χ0v) is 23.8. The second-order valence-electron chi connectivity index (χ2n) is 11.2. The van der Waals surface area contributed by atoms with Gasteiger partial charge in [0.05, 0.1) is 11.5 Å². The third kappa shape index (κ3) is 4.63. The van der Waals surface area contributed by atoms with Gasteiger partial charge in [0.15, 0.2) is 0 Å². The topological polar surface area (TPSA) is 49.4 Å². The van der Waals surface area contributed by atoms with E-state index in [1.807, 2.05) is 74.6 Å². The van der Waals surface area contributed by atoms with Crippen LogP contribution in [0.5, 0.6) is 0 Å². The summed E-state index contributed by atoms with van der Waals surface area (Å²) < 4.78 is 0. The first-order valence-corrected chi connectivity index (χ1v) is 14.1. The van der Waals surface area contributed by atoms with Gasteiger partial charge >= 0.3 is 0 Å². The van der Waals surface area contributed by atoms with Gasteiger partial charge in [-0.1, -0.05) is 78.7 Å². The molecule has 6 heteroatoms. The highest BCUT2D eigenvalue weighted by atomic mass is 35.5. The Labute approximate surface area is 235 Å². The molecule has 1 saturated carbocycles. The van der Waals surface area contributed by atoms with Crippen molar-refractivity contribution in [2.75, 3.05) is 7.05 Å². The normalized spacial score (nSPS) is 27.4. The van der Waals surface area contributed by atoms with Gasteiger partial charge in [-0.15, -0.1) is 0 Å². The molecule has 38 heavy (non-hydrogen) atoms. The van der Waals surface area contributed by atoms with Gasteiger partial charge in [0.25, 0.3) is 5.91 Å². The van der Waals surface area contributed by atoms with Gasteiger partial charge in [0.1, 0.15) is 0 Å². The van der Waals surface area contributed by atoms with Gasteiger partial charge in [-0.25, -0.2) is 0 Å². The Morgan fingerprint density at radius 2 is 1.74 bits per heavy atom. The molecule has 0 spiro atoms. The smallest absolute Gasteiger partial charge is 0.254 e. The van der Waals surface area contributed by atoms with Crippen molar-refractivity contribution in [2.45, 2.75) is 57.5 Å². The average Bonchev–Trinajstić information content (AvgIpc) is 3.15. The third-order valence-electron chi connectivity index (χ3n) is 9.03. The fraction of sp³-hybridized carbons (Fsp3) is 0.375. The van der Waals surface area contributed by atoms with Crippen LogP contribution in [-0.2, 0) is 4.79 Å². The molecule has 0 aromatic heterocycles. The van der Waals surface area contributed by atoms with Crippen molar-refractivity contribution >= 4 is 35.0 Å². The molecule has 0 bridgehead atoms. The van der Waals surface area contributed by atoms with E-state index in [0.717, 1.165) is 29.5 Å². The molecule has 198 valence electrons. The Bertz CT molecular complexity index is 1340. The lowest BCUT2D eigenvalue weighted by molar-refractivity contribution is -0.129. The van der Waals surface area contributed by atoms with E-state index in [1.165, 1.54) is 0 Å². The lowest BCUT2D eigenvalue weighted by Crippen LogP contribution is -2.42. The van der Waals surface area contributed by atoms with Crippen LogP contribution in [0.4, 0.5) is 0 Å². The minimum absolute atomic E-state index is 0.0451. The number of amides is 2. The fourth-order valence-electron chi connectivity index (χ4n) is 6.81. The van der Waals surface area contributed by atoms with Crippen molar-refractivity contribution in [2.24, 2.45) is 11.3 Å². The summed E-state index contributed by atoms with van der Waals surface area (Å²) in [6.07, 6.45) is 1.62. The van der Waals surface area contributed by atoms with E-state index in [2.05, 4.69) is 31.3 Å². The van der Waals surface area contributed by atoms with E-state index in [-0.39, 0.29) is 41.7 Å². The second-order valence-corrected chi connectivity index (χ2v) is 12.0. The van der Waals surface area contributed by atoms with Gasteiger partial charge in [-0.2, -0.15) is 0 Å². The zero-order valence-electron chi connectivity index (χ0n) is 22.2. The highest BCUT2D eigenvalue weighted by Gasteiger charge is 2.57. The lowest BCUT2D eigenvalue weighted by atomic mass is 9.56. The van der Waals surface area contributed by atoms with Crippen LogP contribution in [0.25, 0.3) is 0 Å². The summed E-state index contributed by atoms with van der Waals surface area (Å²) >= 11 is 13.2. The summed E-state index contributed by atoms with van der Waals surface area (Å²) in [5.74, 6) is 0.376. The van der Waals surface area contributed by atoms with Crippen LogP contribution in [0.2, 0.25) is 10.0 Å². The van der Waals surface area contributed by atoms with Crippen molar-refractivity contribution in [3.05, 3.63) is 105 Å². The van der Waals surface area contributed by atoms with E-state index in [1.54, 1.807) is 4.90 Å². The lowest BCUT2D eigenvalue weighted by Gasteiger charge is -2.46. The summed E-state index contributed by atoms with van der Waals surface area (Å²) in [7, 11) is 1.83. The Morgan fingerprint density at radius 3 is 2.39 bits per heavy atom. The van der Waals surface area contributed by atoms with Crippen molar-refractivity contribution in [1.82, 2.24) is 10.2 Å². The number of carbonyl (C=O) groups is 2. The van der Waals surface area contributed by atoms with E-state index in [4.69, 9.17) is 23.2 Å². The molecule has 1 aliphatic heterocycles. The monoisotopic (exact) mass is 548 g/mol. The number of nitrogens with one attached hydrogen (secondary N) is 1. The van der Waals surface area contributed by atoms with Crippen LogP contribution in [0.1, 0.15) is 78.5 Å². The van der Waals surface area contributed by atoms with Crippen molar-refractivity contribution in [3.63, 3.8) is 0 Å². The minimum atomic E-state index is -0.432. The summed E-state index contributed by atoms with van der Waals surface area (Å²) in [6, 6.07) is 23.7. The van der Waals surface area contributed by atoms with Crippen molar-refractivity contribution in [3.8, 4) is 0 Å². The highest BCUT2D eigenvalue weighted by molar-refractivity contribution is 6.32. The second kappa shape index (κ2) is 10.4. The minimum Gasteiger partial charge on any atom is -0.353 e. The van der Waals surface area contributed by atoms with Crippen molar-refractivity contribution in [1.29, 1.82) is 0 Å². The molecule has 4 nitrogen and oxygen atoms in total. The number of fused-ring (bicyclic) bond motifs is 1. The predicted octanol–water partition coefficient (Wildman–Crippen LogP) is 7.63. The number of nitrogens with zero attached hydrogens (tertiary/aromatic N) is 1. The Balaban J connectivity index is 1.48. The number of rotatable bonds is 5. The maximum atomic E-state index is 13.4. The standard InChI is InChI=1S/C32H34Cl2N2O2/c1-19-29-28(22-10-13-24(33)14-11-22)26(16-17-32(29,3)31(38)35-19)25-15-12-23(18-27(25)34)30(37)36(4)20(2)21-8-6-5-7-9-21/h5-15,18-20,26,28-29H,16-17H2,1-4H3,(H,35,38)/t19-,20+,26+,28+,29+,32-/m1/s1. The van der Waals surface area contributed by atoms with Gasteiger partial charge in [-0.3, -0.25) is 9.59 Å². The molecule has 2 amide bonds. The predicted molar refractivity (Wildman–Crippen MR) is 154 cm³/mol. The molecule has 1 saturated heterocycles. The van der Waals surface area contributed by atoms with Crippen LogP contribution in [0, 0.1) is 11.3 Å². The van der Waals surface area contributed by atoms with Crippen LogP contribution in [-0.4, -0.2) is 29.8 Å². The van der Waals surface area contributed by atoms with E-state index < -0.39 is 5.41 Å². The molecule has 1 N–H and O–H groups in total. The third-order valence-corrected chi connectivity index (χ3v) is 9.61. The molecular formula is C32H34Cl2N2O2. The van der Waals surface area contributed by atoms with E-state index >= 15 is 0 Å². The highest BCUT2D eigenvalue weighted by Crippen LogP contribution is 2.59. The molecule has 1 heterocycles. The summed E-state index contributed by atoms with van der Waals surface area (Å²) in [6.45, 7) is 6.23. The quantitative estimate of drug-likeness (QED) is 0.356. The maximum Gasteiger partial charge on any atom is 0.254 e. The number of carbonyl (C=O) groups excluding carboxylic acids is 2. The molecular weight excluding hydrogens is 515 g/mol. The zero-order chi connectivity index (χ0) is 27.2. The molecule has 5 rings (SSSR count). The average molecular weight is 550 g/mol. The van der Waals surface area contributed by atoms with Gasteiger partial charge in [0.2, 0.25) is 5.91 Å².